The third-order valence-electron chi connectivity index (χ3n) is 4.71. The van der Waals surface area contributed by atoms with Crippen LogP contribution in [0.4, 0.5) is 4.39 Å². The quantitative estimate of drug-likeness (QED) is 0.695. The molecule has 0 bridgehead atoms. The van der Waals surface area contributed by atoms with Gasteiger partial charge >= 0.3 is 0 Å². The first-order chi connectivity index (χ1) is 14.0. The highest BCUT2D eigenvalue weighted by Gasteiger charge is 2.30. The molecule has 0 spiro atoms. The number of hydrogen-bond donors (Lipinski definition) is 2. The van der Waals surface area contributed by atoms with E-state index in [2.05, 4.69) is 6.07 Å². The first-order valence-electron chi connectivity index (χ1n) is 8.93. The van der Waals surface area contributed by atoms with E-state index < -0.39 is 5.92 Å². The van der Waals surface area contributed by atoms with Gasteiger partial charge in [-0.3, -0.25) is 0 Å². The van der Waals surface area contributed by atoms with Crippen molar-refractivity contribution in [1.82, 2.24) is 0 Å². The molecule has 29 heavy (non-hydrogen) atoms. The average Bonchev–Trinajstić information content (AvgIpc) is 2.71. The molecule has 0 unspecified atom stereocenters. The normalized spacial score (nSPS) is 15.2. The number of fused-ring (bicyclic) bond motifs is 1. The molecule has 0 amide bonds. The van der Waals surface area contributed by atoms with Gasteiger partial charge in [0.1, 0.15) is 41.3 Å². The predicted octanol–water partition coefficient (Wildman–Crippen LogP) is 4.33. The fraction of sp³-hybridized carbons (Fsp3) is 0.0870. The van der Waals surface area contributed by atoms with Gasteiger partial charge in [0.25, 0.3) is 0 Å². The zero-order valence-electron chi connectivity index (χ0n) is 15.3. The van der Waals surface area contributed by atoms with Gasteiger partial charge in [-0.1, -0.05) is 30.3 Å². The molecule has 4 rings (SSSR count). The molecule has 3 aromatic rings. The summed E-state index contributed by atoms with van der Waals surface area (Å²) in [5.41, 5.74) is 8.54. The summed E-state index contributed by atoms with van der Waals surface area (Å²) < 4.78 is 24.5. The minimum Gasteiger partial charge on any atom is -0.508 e. The largest absolute Gasteiger partial charge is 0.508 e. The maximum absolute atomic E-state index is 13.3. The highest BCUT2D eigenvalue weighted by atomic mass is 19.1. The molecule has 1 atom stereocenters. The highest BCUT2D eigenvalue weighted by molar-refractivity contribution is 5.57. The van der Waals surface area contributed by atoms with E-state index in [0.29, 0.717) is 17.1 Å². The maximum atomic E-state index is 13.3. The lowest BCUT2D eigenvalue weighted by atomic mass is 9.83. The van der Waals surface area contributed by atoms with E-state index in [0.717, 1.165) is 16.7 Å². The van der Waals surface area contributed by atoms with E-state index in [1.165, 1.54) is 18.2 Å². The molecule has 3 aromatic carbocycles. The van der Waals surface area contributed by atoms with E-state index in [1.54, 1.807) is 36.4 Å². The van der Waals surface area contributed by atoms with Gasteiger partial charge < -0.3 is 20.3 Å². The van der Waals surface area contributed by atoms with Gasteiger partial charge in [-0.25, -0.2) is 4.39 Å². The van der Waals surface area contributed by atoms with Crippen molar-refractivity contribution >= 4 is 0 Å². The minimum absolute atomic E-state index is 0.0158. The Morgan fingerprint density at radius 1 is 1.10 bits per heavy atom. The Labute approximate surface area is 167 Å². The van der Waals surface area contributed by atoms with Crippen molar-refractivity contribution in [3.8, 4) is 23.3 Å². The van der Waals surface area contributed by atoms with Crippen LogP contribution in [-0.4, -0.2) is 5.11 Å². The minimum atomic E-state index is -0.415. The van der Waals surface area contributed by atoms with Gasteiger partial charge in [-0.2, -0.15) is 5.26 Å². The summed E-state index contributed by atoms with van der Waals surface area (Å²) in [6.45, 7) is 0.243. The Hall–Kier alpha value is -3.98. The second-order valence-corrected chi connectivity index (χ2v) is 6.63. The van der Waals surface area contributed by atoms with Crippen molar-refractivity contribution in [2.24, 2.45) is 5.73 Å². The lowest BCUT2D eigenvalue weighted by molar-refractivity contribution is 0.305. The van der Waals surface area contributed by atoms with Crippen LogP contribution in [-0.2, 0) is 6.61 Å². The number of rotatable bonds is 4. The molecule has 0 fully saturated rings. The van der Waals surface area contributed by atoms with E-state index in [4.69, 9.17) is 15.2 Å². The van der Waals surface area contributed by atoms with Crippen molar-refractivity contribution in [3.63, 3.8) is 0 Å². The molecule has 0 radical (unpaired) electrons. The number of phenols is 1. The zero-order valence-corrected chi connectivity index (χ0v) is 15.3. The summed E-state index contributed by atoms with van der Waals surface area (Å²) in [6.07, 6.45) is 0. The monoisotopic (exact) mass is 388 g/mol. The van der Waals surface area contributed by atoms with E-state index in [1.807, 2.05) is 12.1 Å². The molecule has 0 aromatic heterocycles. The van der Waals surface area contributed by atoms with Crippen LogP contribution in [0.1, 0.15) is 22.6 Å². The van der Waals surface area contributed by atoms with Crippen LogP contribution >= 0.6 is 0 Å². The summed E-state index contributed by atoms with van der Waals surface area (Å²) in [5, 5.41) is 19.3. The zero-order chi connectivity index (χ0) is 20.4. The fourth-order valence-electron chi connectivity index (χ4n) is 3.34. The number of aromatic hydroxyl groups is 1. The third kappa shape index (κ3) is 3.71. The average molecular weight is 388 g/mol. The summed E-state index contributed by atoms with van der Waals surface area (Å²) in [4.78, 5) is 0. The van der Waals surface area contributed by atoms with Gasteiger partial charge in [-0.15, -0.1) is 0 Å². The Kier molecular flexibility index (Phi) is 4.80. The van der Waals surface area contributed by atoms with Gasteiger partial charge in [0.15, 0.2) is 0 Å². The number of nitriles is 1. The molecule has 5 nitrogen and oxygen atoms in total. The lowest BCUT2D eigenvalue weighted by Crippen LogP contribution is -2.20. The van der Waals surface area contributed by atoms with Crippen LogP contribution in [0.25, 0.3) is 0 Å². The van der Waals surface area contributed by atoms with Crippen LogP contribution in [0.5, 0.6) is 17.2 Å². The Morgan fingerprint density at radius 2 is 1.90 bits per heavy atom. The van der Waals surface area contributed by atoms with Gasteiger partial charge in [-0.05, 0) is 41.5 Å². The van der Waals surface area contributed by atoms with Crippen LogP contribution < -0.4 is 15.2 Å². The third-order valence-corrected chi connectivity index (χ3v) is 4.71. The van der Waals surface area contributed by atoms with E-state index >= 15 is 0 Å². The molecule has 0 aliphatic carbocycles. The topological polar surface area (TPSA) is 88.5 Å². The van der Waals surface area contributed by atoms with Crippen LogP contribution in [0.2, 0.25) is 0 Å². The van der Waals surface area contributed by atoms with Gasteiger partial charge in [0.2, 0.25) is 5.88 Å². The molecular weight excluding hydrogens is 371 g/mol. The fourth-order valence-corrected chi connectivity index (χ4v) is 3.34. The molecule has 1 aliphatic rings. The molecule has 1 heterocycles. The summed E-state index contributed by atoms with van der Waals surface area (Å²) in [6, 6.07) is 20.4. The predicted molar refractivity (Wildman–Crippen MR) is 105 cm³/mol. The van der Waals surface area contributed by atoms with Crippen molar-refractivity contribution < 1.29 is 19.0 Å². The number of hydrogen-bond acceptors (Lipinski definition) is 5. The smallest absolute Gasteiger partial charge is 0.205 e. The number of nitrogens with zero attached hydrogens (tertiary/aromatic N) is 1. The van der Waals surface area contributed by atoms with Crippen LogP contribution in [0.3, 0.4) is 0 Å². The second kappa shape index (κ2) is 7.56. The molecule has 6 heteroatoms. The molecule has 1 aliphatic heterocycles. The first kappa shape index (κ1) is 18.4. The first-order valence-corrected chi connectivity index (χ1v) is 8.93. The van der Waals surface area contributed by atoms with Gasteiger partial charge in [0, 0.05) is 11.6 Å². The van der Waals surface area contributed by atoms with Crippen LogP contribution in [0.15, 0.2) is 78.2 Å². The van der Waals surface area contributed by atoms with Crippen LogP contribution in [0, 0.1) is 17.1 Å². The number of benzene rings is 3. The SMILES string of the molecule is N#CC1=C(N)Oc2cc(O)ccc2[C@H]1c1ccc(OCc2cccc(F)c2)cc1. The van der Waals surface area contributed by atoms with Crippen molar-refractivity contribution in [2.75, 3.05) is 0 Å². The Balaban J connectivity index is 1.60. The molecule has 0 saturated carbocycles. The van der Waals surface area contributed by atoms with Crippen molar-refractivity contribution in [3.05, 3.63) is 101 Å². The number of phenolic OH excluding ortho intramolecular Hbond substituents is 1. The Morgan fingerprint density at radius 3 is 2.62 bits per heavy atom. The summed E-state index contributed by atoms with van der Waals surface area (Å²) in [7, 11) is 0. The van der Waals surface area contributed by atoms with Crippen molar-refractivity contribution in [1.29, 1.82) is 5.26 Å². The van der Waals surface area contributed by atoms with Gasteiger partial charge in [0.05, 0.1) is 5.92 Å². The highest BCUT2D eigenvalue weighted by Crippen LogP contribution is 2.43. The molecule has 3 N–H and O–H groups in total. The lowest BCUT2D eigenvalue weighted by Gasteiger charge is -2.26. The molecular formula is C23H17FN2O3. The number of halogens is 1. The second-order valence-electron chi connectivity index (χ2n) is 6.63. The molecule has 0 saturated heterocycles. The van der Waals surface area contributed by atoms with E-state index in [-0.39, 0.29) is 24.1 Å². The number of nitrogens with two attached hydrogens (primary N) is 1. The Bertz CT molecular complexity index is 1130. The maximum Gasteiger partial charge on any atom is 0.205 e. The van der Waals surface area contributed by atoms with E-state index in [9.17, 15) is 14.8 Å². The molecule has 144 valence electrons. The standard InChI is InChI=1S/C23H17FN2O3/c24-16-3-1-2-14(10-16)13-28-18-7-4-15(5-8-18)22-19-9-6-17(27)11-21(19)29-23(26)20(22)12-25/h1-11,22,27H,13,26H2/t22-/m1/s1. The number of ether oxygens (including phenoxy) is 2. The summed E-state index contributed by atoms with van der Waals surface area (Å²) in [5.74, 6) is 0.379. The van der Waals surface area contributed by atoms with Crippen molar-refractivity contribution in [2.45, 2.75) is 12.5 Å². The summed E-state index contributed by atoms with van der Waals surface area (Å²) >= 11 is 0. The number of allylic oxidation sites excluding steroid dienone is 1.